The van der Waals surface area contributed by atoms with Crippen LogP contribution < -0.4 is 9.64 Å². The number of imidazole rings is 1. The SMILES string of the molecule is COc1ccc(C2C=NN=N2)cc1C(=O)N(C)CC(CCN1CCCN(c2nc3ccccc3n2Cc2ccco2)CC1)c1ccc(F)cc1. The molecule has 0 spiro atoms. The topological polar surface area (TPSA) is 104 Å². The van der Waals surface area contributed by atoms with Crippen LogP contribution >= 0.6 is 0 Å². The van der Waals surface area contributed by atoms with Crippen molar-refractivity contribution in [1.29, 1.82) is 0 Å². The van der Waals surface area contributed by atoms with E-state index in [2.05, 4.69) is 41.9 Å². The van der Waals surface area contributed by atoms with Gasteiger partial charge in [0.05, 0.1) is 42.7 Å². The van der Waals surface area contributed by atoms with Crippen LogP contribution in [0.1, 0.15) is 52.0 Å². The Hall–Kier alpha value is -5.36. The van der Waals surface area contributed by atoms with Gasteiger partial charge in [0.15, 0.2) is 0 Å². The Morgan fingerprint density at radius 1 is 1.04 bits per heavy atom. The number of aromatic nitrogens is 2. The zero-order valence-electron chi connectivity index (χ0n) is 28.4. The molecule has 4 heterocycles. The van der Waals surface area contributed by atoms with Crippen LogP contribution in [0.4, 0.5) is 10.3 Å². The van der Waals surface area contributed by atoms with Gasteiger partial charge in [-0.15, -0.1) is 5.10 Å². The van der Waals surface area contributed by atoms with E-state index in [9.17, 15) is 9.18 Å². The van der Waals surface area contributed by atoms with Gasteiger partial charge < -0.3 is 28.4 Å². The molecule has 5 aromatic rings. The maximum Gasteiger partial charge on any atom is 0.257 e. The second-order valence-corrected chi connectivity index (χ2v) is 12.8. The van der Waals surface area contributed by atoms with Crippen molar-refractivity contribution in [2.24, 2.45) is 15.4 Å². The zero-order valence-corrected chi connectivity index (χ0v) is 28.4. The second kappa shape index (κ2) is 15.0. The first-order valence-electron chi connectivity index (χ1n) is 17.0. The number of furan rings is 1. The van der Waals surface area contributed by atoms with Gasteiger partial charge in [0.25, 0.3) is 5.91 Å². The third-order valence-electron chi connectivity index (χ3n) is 9.61. The number of rotatable bonds is 12. The molecule has 12 heteroatoms. The maximum absolute atomic E-state index is 14.0. The van der Waals surface area contributed by atoms with Gasteiger partial charge in [0, 0.05) is 39.1 Å². The third kappa shape index (κ3) is 7.30. The van der Waals surface area contributed by atoms with E-state index >= 15 is 0 Å². The van der Waals surface area contributed by atoms with Crippen LogP contribution in [0.5, 0.6) is 5.75 Å². The number of carbonyl (C=O) groups is 1. The maximum atomic E-state index is 14.0. The summed E-state index contributed by atoms with van der Waals surface area (Å²) >= 11 is 0. The summed E-state index contributed by atoms with van der Waals surface area (Å²) in [6.45, 7) is 5.47. The fourth-order valence-corrected chi connectivity index (χ4v) is 6.91. The number of halogens is 1. The molecule has 2 aliphatic heterocycles. The molecule has 1 saturated heterocycles. The average molecular weight is 677 g/mol. The van der Waals surface area contributed by atoms with E-state index in [4.69, 9.17) is 14.1 Å². The number of likely N-dealkylation sites (N-methyl/N-ethyl adjacent to an activating group) is 1. The van der Waals surface area contributed by atoms with Crippen LogP contribution in [0.25, 0.3) is 11.0 Å². The van der Waals surface area contributed by atoms with E-state index in [1.165, 1.54) is 12.1 Å². The number of para-hydroxylation sites is 2. The van der Waals surface area contributed by atoms with E-state index in [1.54, 1.807) is 43.7 Å². The van der Waals surface area contributed by atoms with E-state index in [-0.39, 0.29) is 23.7 Å². The second-order valence-electron chi connectivity index (χ2n) is 12.8. The first-order valence-corrected chi connectivity index (χ1v) is 17.0. The summed E-state index contributed by atoms with van der Waals surface area (Å²) in [6.07, 6.45) is 5.14. The number of hydrogen-bond donors (Lipinski definition) is 0. The molecule has 0 N–H and O–H groups in total. The van der Waals surface area contributed by atoms with E-state index in [0.717, 1.165) is 79.4 Å². The summed E-state index contributed by atoms with van der Waals surface area (Å²) < 4.78 is 27.5. The predicted molar refractivity (Wildman–Crippen MR) is 191 cm³/mol. The molecule has 1 fully saturated rings. The Morgan fingerprint density at radius 2 is 1.90 bits per heavy atom. The van der Waals surface area contributed by atoms with E-state index < -0.39 is 0 Å². The Labute approximate surface area is 290 Å². The quantitative estimate of drug-likeness (QED) is 0.144. The highest BCUT2D eigenvalue weighted by Crippen LogP contribution is 2.30. The van der Waals surface area contributed by atoms with E-state index in [1.807, 2.05) is 42.5 Å². The summed E-state index contributed by atoms with van der Waals surface area (Å²) in [5.41, 5.74) is 4.32. The van der Waals surface area contributed by atoms with Crippen LogP contribution in [0.15, 0.2) is 105 Å². The van der Waals surface area contributed by atoms with Crippen molar-refractivity contribution in [3.63, 3.8) is 0 Å². The first kappa shape index (κ1) is 33.2. The molecular weight excluding hydrogens is 635 g/mol. The lowest BCUT2D eigenvalue weighted by molar-refractivity contribution is 0.0779. The van der Waals surface area contributed by atoms with Crippen molar-refractivity contribution >= 4 is 29.1 Å². The first-order chi connectivity index (χ1) is 24.5. The molecule has 2 aliphatic rings. The van der Waals surface area contributed by atoms with Gasteiger partial charge >= 0.3 is 0 Å². The van der Waals surface area contributed by atoms with E-state index in [0.29, 0.717) is 24.4 Å². The minimum atomic E-state index is -0.329. The van der Waals surface area contributed by atoms with Gasteiger partial charge in [0.1, 0.15) is 23.4 Å². The molecule has 3 aromatic carbocycles. The van der Waals surface area contributed by atoms with Gasteiger partial charge in [-0.2, -0.15) is 5.11 Å². The molecule has 50 heavy (non-hydrogen) atoms. The summed E-state index contributed by atoms with van der Waals surface area (Å²) in [6, 6.07) is 23.9. The highest BCUT2D eigenvalue weighted by atomic mass is 19.1. The van der Waals surface area contributed by atoms with Gasteiger partial charge in [-0.05, 0) is 90.8 Å². The normalized spacial score (nSPS) is 16.9. The lowest BCUT2D eigenvalue weighted by atomic mass is 9.94. The molecular formula is C38H41FN8O3. The molecule has 0 aliphatic carbocycles. The average Bonchev–Trinajstić information content (AvgIpc) is 3.91. The monoisotopic (exact) mass is 676 g/mol. The molecule has 7 rings (SSSR count). The van der Waals surface area contributed by atoms with Crippen molar-refractivity contribution in [2.45, 2.75) is 31.3 Å². The highest BCUT2D eigenvalue weighted by Gasteiger charge is 2.26. The summed E-state index contributed by atoms with van der Waals surface area (Å²) in [5.74, 6) is 1.88. The lowest BCUT2D eigenvalue weighted by Crippen LogP contribution is -2.35. The lowest BCUT2D eigenvalue weighted by Gasteiger charge is -2.28. The molecule has 0 saturated carbocycles. The number of benzene rings is 3. The number of amides is 1. The largest absolute Gasteiger partial charge is 0.496 e. The van der Waals surface area contributed by atoms with Gasteiger partial charge in [-0.3, -0.25) is 4.79 Å². The number of anilines is 1. The van der Waals surface area contributed by atoms with Crippen molar-refractivity contribution in [3.05, 3.63) is 113 Å². The van der Waals surface area contributed by atoms with Crippen molar-refractivity contribution in [1.82, 2.24) is 19.4 Å². The predicted octanol–water partition coefficient (Wildman–Crippen LogP) is 6.78. The zero-order chi connectivity index (χ0) is 34.5. The summed E-state index contributed by atoms with van der Waals surface area (Å²) in [4.78, 5) is 25.5. The molecule has 2 atom stereocenters. The van der Waals surface area contributed by atoms with Crippen LogP contribution in [-0.4, -0.2) is 84.9 Å². The summed E-state index contributed by atoms with van der Waals surface area (Å²) in [5, 5.41) is 11.7. The number of carbonyl (C=O) groups excluding carboxylic acids is 1. The van der Waals surface area contributed by atoms with Gasteiger partial charge in [0.2, 0.25) is 5.95 Å². The Balaban J connectivity index is 1.05. The van der Waals surface area contributed by atoms with Crippen molar-refractivity contribution < 1.29 is 18.3 Å². The van der Waals surface area contributed by atoms with Crippen LogP contribution in [0.3, 0.4) is 0 Å². The van der Waals surface area contributed by atoms with Gasteiger partial charge in [-0.25, -0.2) is 9.37 Å². The fourth-order valence-electron chi connectivity index (χ4n) is 6.91. The molecule has 1 amide bonds. The minimum Gasteiger partial charge on any atom is -0.496 e. The van der Waals surface area contributed by atoms with Gasteiger partial charge in [-0.1, -0.05) is 30.3 Å². The number of methoxy groups -OCH3 is 1. The minimum absolute atomic E-state index is 0.00802. The molecule has 0 bridgehead atoms. The van der Waals surface area contributed by atoms with Crippen LogP contribution in [0, 0.1) is 5.82 Å². The van der Waals surface area contributed by atoms with Crippen LogP contribution in [-0.2, 0) is 6.54 Å². The number of fused-ring (bicyclic) bond motifs is 1. The fraction of sp³-hybridized carbons (Fsp3) is 0.342. The molecule has 2 unspecified atom stereocenters. The smallest absolute Gasteiger partial charge is 0.257 e. The standard InChI is InChI=1S/C38H41FN8O3/c1-44(37(48)32-23-28(12-15-36(32)49-2)34-24-40-43-42-34)25-29(27-10-13-30(39)14-11-27)16-19-45-17-6-18-46(21-20-45)38-41-33-8-3-4-9-35(33)47(38)26-31-7-5-22-50-31/h3-5,7-15,22-24,29,34H,6,16-21,25-26H2,1-2H3. The Bertz CT molecular complexity index is 1960. The van der Waals surface area contributed by atoms with Crippen molar-refractivity contribution in [3.8, 4) is 5.75 Å². The number of hydrogen-bond acceptors (Lipinski definition) is 9. The highest BCUT2D eigenvalue weighted by molar-refractivity contribution is 5.97. The van der Waals surface area contributed by atoms with Crippen molar-refractivity contribution in [2.75, 3.05) is 58.3 Å². The van der Waals surface area contributed by atoms with Crippen LogP contribution in [0.2, 0.25) is 0 Å². The Kier molecular flexibility index (Phi) is 9.97. The number of nitrogens with zero attached hydrogens (tertiary/aromatic N) is 8. The molecule has 0 radical (unpaired) electrons. The molecule has 11 nitrogen and oxygen atoms in total. The Morgan fingerprint density at radius 3 is 2.68 bits per heavy atom. The molecule has 258 valence electrons. The summed E-state index contributed by atoms with van der Waals surface area (Å²) in [7, 11) is 3.36. The number of ether oxygens (including phenoxy) is 1. The third-order valence-corrected chi connectivity index (χ3v) is 9.61. The molecule has 2 aromatic heterocycles.